The number of H-pyrrole nitrogens is 1. The molecule has 0 radical (unpaired) electrons. The number of methoxy groups -OCH3 is 1. The minimum absolute atomic E-state index is 0.0186. The van der Waals surface area contributed by atoms with Crippen molar-refractivity contribution < 1.29 is 23.8 Å². The first-order valence-corrected chi connectivity index (χ1v) is 15.8. The number of aromatic nitrogens is 1. The molecule has 10 nitrogen and oxygen atoms in total. The molecule has 0 saturated carbocycles. The van der Waals surface area contributed by atoms with Crippen LogP contribution in [0.15, 0.2) is 41.2 Å². The molecule has 3 aromatic rings. The Morgan fingerprint density at radius 2 is 1.76 bits per heavy atom. The van der Waals surface area contributed by atoms with Gasteiger partial charge in [0.1, 0.15) is 5.75 Å². The molecule has 3 aliphatic heterocycles. The average Bonchev–Trinajstić information content (AvgIpc) is 3.31. The summed E-state index contributed by atoms with van der Waals surface area (Å²) in [6.07, 6.45) is 3.14. The van der Waals surface area contributed by atoms with E-state index in [1.54, 1.807) is 13.0 Å². The average molecular weight is 615 g/mol. The van der Waals surface area contributed by atoms with Crippen molar-refractivity contribution in [2.45, 2.75) is 64.5 Å². The third-order valence-electron chi connectivity index (χ3n) is 9.68. The number of ether oxygens (including phenoxy) is 3. The lowest BCUT2D eigenvalue weighted by molar-refractivity contribution is -0.124. The number of fused-ring (bicyclic) bond motifs is 2. The molecule has 3 aliphatic rings. The number of hydrogen-bond donors (Lipinski definition) is 3. The van der Waals surface area contributed by atoms with E-state index in [0.29, 0.717) is 61.8 Å². The van der Waals surface area contributed by atoms with Gasteiger partial charge in [0.15, 0.2) is 0 Å². The van der Waals surface area contributed by atoms with E-state index in [1.807, 2.05) is 25.1 Å². The number of carbonyl (C=O) groups excluding carboxylic acids is 2. The molecule has 4 heterocycles. The second kappa shape index (κ2) is 12.7. The Bertz CT molecular complexity index is 1670. The van der Waals surface area contributed by atoms with E-state index in [0.717, 1.165) is 53.0 Å². The third kappa shape index (κ3) is 5.73. The second-order valence-corrected chi connectivity index (χ2v) is 12.2. The lowest BCUT2D eigenvalue weighted by Gasteiger charge is -2.37. The minimum Gasteiger partial charge on any atom is -0.496 e. The van der Waals surface area contributed by atoms with Crippen LogP contribution in [0.3, 0.4) is 0 Å². The van der Waals surface area contributed by atoms with Crippen molar-refractivity contribution in [1.29, 1.82) is 0 Å². The summed E-state index contributed by atoms with van der Waals surface area (Å²) in [7, 11) is 1.51. The van der Waals surface area contributed by atoms with Gasteiger partial charge in [0.2, 0.25) is 5.91 Å². The van der Waals surface area contributed by atoms with Crippen LogP contribution < -0.4 is 25.8 Å². The normalized spacial score (nSPS) is 17.6. The number of aryl methyl sites for hydroxylation is 1. The Kier molecular flexibility index (Phi) is 8.70. The topological polar surface area (TPSA) is 122 Å². The fraction of sp³-hybridized carbons (Fsp3) is 0.457. The predicted octanol–water partition coefficient (Wildman–Crippen LogP) is 4.60. The molecule has 0 aliphatic carbocycles. The Balaban J connectivity index is 1.39. The zero-order chi connectivity index (χ0) is 31.7. The number of nitrogens with zero attached hydrogens (tertiary/aromatic N) is 1. The van der Waals surface area contributed by atoms with Crippen LogP contribution in [-0.2, 0) is 26.2 Å². The molecule has 2 aromatic carbocycles. The number of benzene rings is 2. The van der Waals surface area contributed by atoms with Crippen LogP contribution in [0.2, 0.25) is 0 Å². The van der Waals surface area contributed by atoms with Gasteiger partial charge in [-0.25, -0.2) is 0 Å². The molecular weight excluding hydrogens is 572 g/mol. The predicted molar refractivity (Wildman–Crippen MR) is 173 cm³/mol. The molecule has 0 bridgehead atoms. The highest BCUT2D eigenvalue weighted by atomic mass is 16.5. The maximum Gasteiger partial charge on any atom is 0.256 e. The lowest BCUT2D eigenvalue weighted by Crippen LogP contribution is -2.40. The smallest absolute Gasteiger partial charge is 0.256 e. The quantitative estimate of drug-likeness (QED) is 0.339. The van der Waals surface area contributed by atoms with Crippen molar-refractivity contribution in [1.82, 2.24) is 10.3 Å². The van der Waals surface area contributed by atoms with Crippen LogP contribution in [0, 0.1) is 13.8 Å². The number of nitrogens with one attached hydrogen (secondary N) is 3. The zero-order valence-corrected chi connectivity index (χ0v) is 26.5. The van der Waals surface area contributed by atoms with Gasteiger partial charge in [0, 0.05) is 61.6 Å². The summed E-state index contributed by atoms with van der Waals surface area (Å²) in [4.78, 5) is 45.0. The number of rotatable bonds is 8. The number of hydrogen-bond acceptors (Lipinski definition) is 7. The van der Waals surface area contributed by atoms with E-state index >= 15 is 0 Å². The molecule has 2 fully saturated rings. The molecule has 0 atom stereocenters. The molecule has 238 valence electrons. The Morgan fingerprint density at radius 1 is 1.02 bits per heavy atom. The molecule has 6 rings (SSSR count). The highest BCUT2D eigenvalue weighted by Crippen LogP contribution is 2.46. The first-order valence-electron chi connectivity index (χ1n) is 15.8. The van der Waals surface area contributed by atoms with E-state index in [4.69, 9.17) is 14.2 Å². The number of pyridine rings is 1. The largest absolute Gasteiger partial charge is 0.496 e. The van der Waals surface area contributed by atoms with Crippen molar-refractivity contribution in [2.75, 3.05) is 50.3 Å². The minimum atomic E-state index is -0.549. The van der Waals surface area contributed by atoms with Gasteiger partial charge >= 0.3 is 0 Å². The van der Waals surface area contributed by atoms with Crippen LogP contribution in [-0.4, -0.2) is 62.9 Å². The van der Waals surface area contributed by atoms with Crippen molar-refractivity contribution >= 4 is 23.2 Å². The fourth-order valence-corrected chi connectivity index (χ4v) is 7.15. The van der Waals surface area contributed by atoms with Crippen molar-refractivity contribution in [3.63, 3.8) is 0 Å². The van der Waals surface area contributed by atoms with E-state index in [1.165, 1.54) is 7.11 Å². The van der Waals surface area contributed by atoms with Gasteiger partial charge in [0.25, 0.3) is 11.5 Å². The molecular formula is C35H42N4O6. The van der Waals surface area contributed by atoms with Crippen molar-refractivity contribution in [2.24, 2.45) is 0 Å². The van der Waals surface area contributed by atoms with Gasteiger partial charge in [0.05, 0.1) is 24.6 Å². The van der Waals surface area contributed by atoms with Crippen LogP contribution in [0.25, 0.3) is 11.1 Å². The van der Waals surface area contributed by atoms with E-state index in [-0.39, 0.29) is 30.0 Å². The number of anilines is 2. The molecule has 2 saturated heterocycles. The van der Waals surface area contributed by atoms with Crippen LogP contribution in [0.4, 0.5) is 11.4 Å². The first kappa shape index (κ1) is 30.9. The molecule has 3 N–H and O–H groups in total. The molecule has 1 spiro atoms. The lowest BCUT2D eigenvalue weighted by atomic mass is 9.75. The summed E-state index contributed by atoms with van der Waals surface area (Å²) in [6, 6.07) is 12.2. The summed E-state index contributed by atoms with van der Waals surface area (Å²) in [5, 5.41) is 6.11. The van der Waals surface area contributed by atoms with Gasteiger partial charge < -0.3 is 34.7 Å². The Labute approximate surface area is 263 Å². The summed E-state index contributed by atoms with van der Waals surface area (Å²) in [5.41, 5.74) is 6.20. The molecule has 0 unspecified atom stereocenters. The second-order valence-electron chi connectivity index (χ2n) is 12.2. The van der Waals surface area contributed by atoms with Gasteiger partial charge in [-0.15, -0.1) is 0 Å². The zero-order valence-electron chi connectivity index (χ0n) is 26.5. The monoisotopic (exact) mass is 614 g/mol. The van der Waals surface area contributed by atoms with Gasteiger partial charge in [-0.3, -0.25) is 14.4 Å². The number of amides is 2. The maximum absolute atomic E-state index is 13.9. The summed E-state index contributed by atoms with van der Waals surface area (Å²) in [5.74, 6) is 0.180. The van der Waals surface area contributed by atoms with Crippen LogP contribution in [0.1, 0.15) is 65.3 Å². The van der Waals surface area contributed by atoms with Crippen molar-refractivity contribution in [3.8, 4) is 16.9 Å². The van der Waals surface area contributed by atoms with E-state index in [9.17, 15) is 14.4 Å². The van der Waals surface area contributed by atoms with Crippen LogP contribution >= 0.6 is 0 Å². The molecule has 45 heavy (non-hydrogen) atoms. The van der Waals surface area contributed by atoms with Gasteiger partial charge in [-0.1, -0.05) is 12.1 Å². The van der Waals surface area contributed by atoms with E-state index in [2.05, 4.69) is 39.6 Å². The Hall–Kier alpha value is -4.15. The Morgan fingerprint density at radius 3 is 2.47 bits per heavy atom. The summed E-state index contributed by atoms with van der Waals surface area (Å²) >= 11 is 0. The molecule has 10 heteroatoms. The first-order chi connectivity index (χ1) is 21.8. The van der Waals surface area contributed by atoms with Crippen LogP contribution in [0.5, 0.6) is 5.75 Å². The number of carbonyl (C=O) groups is 2. The van der Waals surface area contributed by atoms with Crippen molar-refractivity contribution in [3.05, 3.63) is 74.7 Å². The van der Waals surface area contributed by atoms with E-state index < -0.39 is 5.41 Å². The summed E-state index contributed by atoms with van der Waals surface area (Å²) < 4.78 is 16.7. The number of aromatic amines is 1. The maximum atomic E-state index is 13.9. The summed E-state index contributed by atoms with van der Waals surface area (Å²) in [6.45, 7) is 9.23. The van der Waals surface area contributed by atoms with Gasteiger partial charge in [-0.05, 0) is 93.0 Å². The SMILES string of the molecule is CCN(c1cc(-c2ccc3c(c2)NC(=O)C32CCOCC2)cc(C(=O)NCc2c(OC)cc(C)[nH]c2=O)c1C)C1CCOCC1. The molecule has 2 amide bonds. The van der Waals surface area contributed by atoms with Gasteiger partial charge in [-0.2, -0.15) is 0 Å². The highest BCUT2D eigenvalue weighted by molar-refractivity contribution is 6.07. The fourth-order valence-electron chi connectivity index (χ4n) is 7.15. The molecule has 1 aromatic heterocycles. The highest BCUT2D eigenvalue weighted by Gasteiger charge is 2.47. The standard InChI is InChI=1S/C35H42N4O6/c1-5-39(25-8-12-44-13-9-25)30-19-24(23-6-7-28-29(18-23)38-34(42)35(28)10-14-45-15-11-35)17-26(22(30)3)32(40)36-20-27-31(43-4)16-21(2)37-33(27)41/h6-7,16-19,25H,5,8-15,20H2,1-4H3,(H,36,40)(H,37,41)(H,38,42). The third-order valence-corrected chi connectivity index (χ3v) is 9.68.